The van der Waals surface area contributed by atoms with Gasteiger partial charge >= 0.3 is 5.97 Å². The molecule has 1 aromatic carbocycles. The Labute approximate surface area is 130 Å². The first-order valence-corrected chi connectivity index (χ1v) is 7.30. The standard InChI is InChI=1S/C15H14N2O4S/c1-9(13(16)18)21-15(20)10-4-2-5-11(8-10)17-14(19)12-6-3-7-22-12/h2-9H,1H3,(H2,16,18)(H,17,19)/t9-/m1/s1. The van der Waals surface area contributed by atoms with Crippen LogP contribution >= 0.6 is 11.3 Å². The average Bonchev–Trinajstić information content (AvgIpc) is 3.01. The van der Waals surface area contributed by atoms with Gasteiger partial charge in [0.15, 0.2) is 6.10 Å². The van der Waals surface area contributed by atoms with Gasteiger partial charge in [-0.25, -0.2) is 4.79 Å². The maximum Gasteiger partial charge on any atom is 0.338 e. The molecule has 2 aromatic rings. The smallest absolute Gasteiger partial charge is 0.338 e. The van der Waals surface area contributed by atoms with Crippen molar-refractivity contribution in [3.8, 4) is 0 Å². The van der Waals surface area contributed by atoms with Gasteiger partial charge in [-0.15, -0.1) is 11.3 Å². The molecule has 6 nitrogen and oxygen atoms in total. The summed E-state index contributed by atoms with van der Waals surface area (Å²) in [6, 6.07) is 9.74. The first-order chi connectivity index (χ1) is 10.5. The fraction of sp³-hybridized carbons (Fsp3) is 0.133. The zero-order valence-electron chi connectivity index (χ0n) is 11.7. The maximum atomic E-state index is 11.9. The lowest BCUT2D eigenvalue weighted by Gasteiger charge is -2.10. The second-order valence-corrected chi connectivity index (χ2v) is 5.41. The van der Waals surface area contributed by atoms with Crippen molar-refractivity contribution in [3.05, 3.63) is 52.2 Å². The first kappa shape index (κ1) is 15.7. The third kappa shape index (κ3) is 3.92. The number of ether oxygens (including phenoxy) is 1. The summed E-state index contributed by atoms with van der Waals surface area (Å²) in [5, 5.41) is 4.49. The number of esters is 1. The number of nitrogens with one attached hydrogen (secondary N) is 1. The van der Waals surface area contributed by atoms with Gasteiger partial charge in [0.05, 0.1) is 10.4 Å². The molecular weight excluding hydrogens is 304 g/mol. The van der Waals surface area contributed by atoms with Gasteiger partial charge in [0.1, 0.15) is 0 Å². The molecule has 114 valence electrons. The summed E-state index contributed by atoms with van der Waals surface area (Å²) >= 11 is 1.32. The molecule has 0 aliphatic carbocycles. The topological polar surface area (TPSA) is 98.5 Å². The predicted octanol–water partition coefficient (Wildman–Crippen LogP) is 2.03. The zero-order chi connectivity index (χ0) is 16.1. The molecule has 0 unspecified atom stereocenters. The highest BCUT2D eigenvalue weighted by atomic mass is 32.1. The van der Waals surface area contributed by atoms with E-state index >= 15 is 0 Å². The number of primary amides is 1. The molecule has 2 amide bonds. The molecule has 3 N–H and O–H groups in total. The minimum atomic E-state index is -1.02. The molecule has 1 heterocycles. The number of hydrogen-bond donors (Lipinski definition) is 2. The minimum absolute atomic E-state index is 0.220. The number of benzene rings is 1. The molecule has 22 heavy (non-hydrogen) atoms. The van der Waals surface area contributed by atoms with E-state index in [1.807, 2.05) is 0 Å². The largest absolute Gasteiger partial charge is 0.449 e. The van der Waals surface area contributed by atoms with Gasteiger partial charge in [0, 0.05) is 5.69 Å². The summed E-state index contributed by atoms with van der Waals surface area (Å²) < 4.78 is 4.91. The molecule has 1 atom stereocenters. The molecule has 0 fully saturated rings. The van der Waals surface area contributed by atoms with Gasteiger partial charge in [-0.3, -0.25) is 9.59 Å². The minimum Gasteiger partial charge on any atom is -0.449 e. The Balaban J connectivity index is 2.08. The molecule has 0 saturated carbocycles. The van der Waals surface area contributed by atoms with Gasteiger partial charge in [0.25, 0.3) is 11.8 Å². The van der Waals surface area contributed by atoms with Gasteiger partial charge in [0.2, 0.25) is 0 Å². The number of rotatable bonds is 5. The van der Waals surface area contributed by atoms with E-state index in [-0.39, 0.29) is 11.5 Å². The van der Waals surface area contributed by atoms with Gasteiger partial charge in [-0.05, 0) is 36.6 Å². The summed E-state index contributed by atoms with van der Waals surface area (Å²) in [7, 11) is 0. The van der Waals surface area contributed by atoms with Gasteiger partial charge in [-0.2, -0.15) is 0 Å². The summed E-state index contributed by atoms with van der Waals surface area (Å²) in [5.74, 6) is -1.67. The molecule has 0 spiro atoms. The average molecular weight is 318 g/mol. The van der Waals surface area contributed by atoms with Crippen molar-refractivity contribution in [1.29, 1.82) is 0 Å². The van der Waals surface area contributed by atoms with E-state index < -0.39 is 18.0 Å². The van der Waals surface area contributed by atoms with Crippen molar-refractivity contribution < 1.29 is 19.1 Å². The van der Waals surface area contributed by atoms with Crippen LogP contribution < -0.4 is 11.1 Å². The van der Waals surface area contributed by atoms with Crippen molar-refractivity contribution in [3.63, 3.8) is 0 Å². The summed E-state index contributed by atoms with van der Waals surface area (Å²) in [5.41, 5.74) is 5.72. The van der Waals surface area contributed by atoms with E-state index in [1.54, 1.807) is 29.6 Å². The van der Waals surface area contributed by atoms with Gasteiger partial charge in [-0.1, -0.05) is 12.1 Å². The highest BCUT2D eigenvalue weighted by molar-refractivity contribution is 7.12. The molecule has 7 heteroatoms. The molecule has 0 bridgehead atoms. The van der Waals surface area contributed by atoms with Crippen molar-refractivity contribution >= 4 is 34.8 Å². The number of thiophene rings is 1. The van der Waals surface area contributed by atoms with E-state index in [0.29, 0.717) is 10.6 Å². The van der Waals surface area contributed by atoms with Crippen LogP contribution in [0.15, 0.2) is 41.8 Å². The second kappa shape index (κ2) is 6.86. The molecule has 2 rings (SSSR count). The lowest BCUT2D eigenvalue weighted by atomic mass is 10.2. The lowest BCUT2D eigenvalue weighted by Crippen LogP contribution is -2.30. The van der Waals surface area contributed by atoms with Crippen LogP contribution in [-0.4, -0.2) is 23.9 Å². The fourth-order valence-corrected chi connectivity index (χ4v) is 2.23. The SMILES string of the molecule is C[C@@H](OC(=O)c1cccc(NC(=O)c2cccs2)c1)C(N)=O. The fourth-order valence-electron chi connectivity index (χ4n) is 1.61. The maximum absolute atomic E-state index is 11.9. The van der Waals surface area contributed by atoms with Crippen LogP contribution in [0.1, 0.15) is 27.0 Å². The number of carbonyl (C=O) groups is 3. The van der Waals surface area contributed by atoms with Crippen molar-refractivity contribution in [2.24, 2.45) is 5.73 Å². The van der Waals surface area contributed by atoms with Crippen LogP contribution in [0.3, 0.4) is 0 Å². The number of amides is 2. The van der Waals surface area contributed by atoms with E-state index in [0.717, 1.165) is 0 Å². The summed E-state index contributed by atoms with van der Waals surface area (Å²) in [6.07, 6.45) is -1.02. The number of carbonyl (C=O) groups excluding carboxylic acids is 3. The summed E-state index contributed by atoms with van der Waals surface area (Å²) in [6.45, 7) is 1.39. The Morgan fingerprint density at radius 3 is 2.64 bits per heavy atom. The van der Waals surface area contributed by atoms with Crippen LogP contribution in [0.25, 0.3) is 0 Å². The molecule has 1 aromatic heterocycles. The highest BCUT2D eigenvalue weighted by Gasteiger charge is 2.16. The Morgan fingerprint density at radius 1 is 1.23 bits per heavy atom. The Hall–Kier alpha value is -2.67. The van der Waals surface area contributed by atoms with Crippen LogP contribution in [0.2, 0.25) is 0 Å². The molecule has 0 aliphatic heterocycles. The van der Waals surface area contributed by atoms with Gasteiger partial charge < -0.3 is 15.8 Å². The second-order valence-electron chi connectivity index (χ2n) is 4.46. The zero-order valence-corrected chi connectivity index (χ0v) is 12.6. The van der Waals surface area contributed by atoms with E-state index in [2.05, 4.69) is 5.32 Å². The molecule has 0 radical (unpaired) electrons. The first-order valence-electron chi connectivity index (χ1n) is 6.42. The van der Waals surface area contributed by atoms with Crippen LogP contribution in [0.4, 0.5) is 5.69 Å². The monoisotopic (exact) mass is 318 g/mol. The Bertz CT molecular complexity index is 697. The quantitative estimate of drug-likeness (QED) is 0.824. The normalized spacial score (nSPS) is 11.5. The lowest BCUT2D eigenvalue weighted by molar-refractivity contribution is -0.125. The summed E-state index contributed by atoms with van der Waals surface area (Å²) in [4.78, 5) is 35.3. The Kier molecular flexibility index (Phi) is 4.90. The van der Waals surface area contributed by atoms with Crippen molar-refractivity contribution in [2.75, 3.05) is 5.32 Å². The number of anilines is 1. The molecule has 0 saturated heterocycles. The number of hydrogen-bond acceptors (Lipinski definition) is 5. The van der Waals surface area contributed by atoms with Crippen LogP contribution in [0.5, 0.6) is 0 Å². The van der Waals surface area contributed by atoms with Crippen molar-refractivity contribution in [2.45, 2.75) is 13.0 Å². The Morgan fingerprint density at radius 2 is 2.00 bits per heavy atom. The number of nitrogens with two attached hydrogens (primary N) is 1. The molecule has 0 aliphatic rings. The van der Waals surface area contributed by atoms with Crippen LogP contribution in [-0.2, 0) is 9.53 Å². The third-order valence-electron chi connectivity index (χ3n) is 2.79. The predicted molar refractivity (Wildman–Crippen MR) is 82.8 cm³/mol. The highest BCUT2D eigenvalue weighted by Crippen LogP contribution is 2.15. The third-order valence-corrected chi connectivity index (χ3v) is 3.65. The van der Waals surface area contributed by atoms with E-state index in [4.69, 9.17) is 10.5 Å². The van der Waals surface area contributed by atoms with E-state index in [9.17, 15) is 14.4 Å². The van der Waals surface area contributed by atoms with Crippen molar-refractivity contribution in [1.82, 2.24) is 0 Å². The molecular formula is C15H14N2O4S. The van der Waals surface area contributed by atoms with E-state index in [1.165, 1.54) is 30.4 Å². The van der Waals surface area contributed by atoms with Crippen LogP contribution in [0, 0.1) is 0 Å².